The summed E-state index contributed by atoms with van der Waals surface area (Å²) in [6, 6.07) is 0. The predicted octanol–water partition coefficient (Wildman–Crippen LogP) is 1.64. The van der Waals surface area contributed by atoms with Gasteiger partial charge in [0.15, 0.2) is 0 Å². The third kappa shape index (κ3) is 4.16. The van der Waals surface area contributed by atoms with Crippen LogP contribution in [0.3, 0.4) is 0 Å². The molecule has 1 heterocycles. The van der Waals surface area contributed by atoms with Crippen LogP contribution in [0.4, 0.5) is 0 Å². The number of hydrogen-bond donors (Lipinski definition) is 2. The Morgan fingerprint density at radius 1 is 1.20 bits per heavy atom. The highest BCUT2D eigenvalue weighted by Crippen LogP contribution is 2.33. The van der Waals surface area contributed by atoms with Crippen LogP contribution in [-0.2, 0) is 10.2 Å². The first kappa shape index (κ1) is 16.2. The molecule has 2 rings (SSSR count). The molecule has 1 saturated carbocycles. The second-order valence-electron chi connectivity index (χ2n) is 6.36. The van der Waals surface area contributed by atoms with E-state index in [2.05, 4.69) is 11.6 Å². The minimum Gasteiger partial charge on any atom is -0.389 e. The van der Waals surface area contributed by atoms with E-state index in [1.54, 1.807) is 0 Å². The van der Waals surface area contributed by atoms with Crippen molar-refractivity contribution in [2.75, 3.05) is 19.6 Å². The summed E-state index contributed by atoms with van der Waals surface area (Å²) in [6.45, 7) is 3.54. The van der Waals surface area contributed by atoms with E-state index in [4.69, 9.17) is 0 Å². The molecule has 2 fully saturated rings. The molecule has 5 nitrogen and oxygen atoms in total. The Balaban J connectivity index is 1.84. The van der Waals surface area contributed by atoms with Crippen molar-refractivity contribution in [3.05, 3.63) is 0 Å². The first-order chi connectivity index (χ1) is 9.45. The van der Waals surface area contributed by atoms with Crippen molar-refractivity contribution in [3.63, 3.8) is 0 Å². The maximum atomic E-state index is 12.2. The monoisotopic (exact) mass is 304 g/mol. The number of nitrogens with zero attached hydrogens (tertiary/aromatic N) is 1. The maximum absolute atomic E-state index is 12.2. The zero-order valence-corrected chi connectivity index (χ0v) is 13.3. The Kier molecular flexibility index (Phi) is 5.45. The lowest BCUT2D eigenvalue weighted by Crippen LogP contribution is -2.50. The molecule has 0 aromatic heterocycles. The Hall–Kier alpha value is -0.170. The Morgan fingerprint density at radius 2 is 1.80 bits per heavy atom. The smallest absolute Gasteiger partial charge is 0.279 e. The molecule has 0 radical (unpaired) electrons. The lowest BCUT2D eigenvalue weighted by molar-refractivity contribution is -0.00473. The third-order valence-corrected chi connectivity index (χ3v) is 6.41. The van der Waals surface area contributed by atoms with Gasteiger partial charge in [0.25, 0.3) is 10.2 Å². The second-order valence-corrected chi connectivity index (χ2v) is 8.12. The highest BCUT2D eigenvalue weighted by Gasteiger charge is 2.34. The molecular weight excluding hydrogens is 276 g/mol. The van der Waals surface area contributed by atoms with E-state index in [0.29, 0.717) is 31.8 Å². The standard InChI is InChI=1S/C14H28N2O3S/c1-2-13-6-8-14(17,9-7-13)12-15-20(18,19)16-10-4-3-5-11-16/h13,15,17H,2-12H2,1H3. The molecule has 2 N–H and O–H groups in total. The molecule has 2 aliphatic rings. The summed E-state index contributed by atoms with van der Waals surface area (Å²) < 4.78 is 28.5. The van der Waals surface area contributed by atoms with Gasteiger partial charge in [-0.15, -0.1) is 0 Å². The predicted molar refractivity (Wildman–Crippen MR) is 79.5 cm³/mol. The van der Waals surface area contributed by atoms with Gasteiger partial charge in [0.05, 0.1) is 5.60 Å². The molecule has 0 amide bonds. The second kappa shape index (κ2) is 6.73. The summed E-state index contributed by atoms with van der Waals surface area (Å²) in [4.78, 5) is 0. The zero-order chi connectivity index (χ0) is 14.6. The van der Waals surface area contributed by atoms with E-state index in [9.17, 15) is 13.5 Å². The van der Waals surface area contributed by atoms with Crippen molar-refractivity contribution in [1.82, 2.24) is 9.03 Å². The van der Waals surface area contributed by atoms with Gasteiger partial charge in [-0.2, -0.15) is 17.4 Å². The fourth-order valence-corrected chi connectivity index (χ4v) is 4.59. The Labute approximate surface area is 122 Å². The van der Waals surface area contributed by atoms with Gasteiger partial charge in [0.2, 0.25) is 0 Å². The van der Waals surface area contributed by atoms with E-state index in [1.807, 2.05) is 0 Å². The molecule has 0 spiro atoms. The quantitative estimate of drug-likeness (QED) is 0.811. The van der Waals surface area contributed by atoms with Crippen LogP contribution in [0, 0.1) is 5.92 Å². The fourth-order valence-electron chi connectivity index (χ4n) is 3.22. The van der Waals surface area contributed by atoms with Gasteiger partial charge in [-0.1, -0.05) is 19.8 Å². The van der Waals surface area contributed by atoms with Gasteiger partial charge >= 0.3 is 0 Å². The molecule has 0 atom stereocenters. The van der Waals surface area contributed by atoms with Crippen LogP contribution in [0.15, 0.2) is 0 Å². The minimum absolute atomic E-state index is 0.155. The number of aliphatic hydroxyl groups is 1. The molecule has 0 unspecified atom stereocenters. The number of piperidine rings is 1. The summed E-state index contributed by atoms with van der Waals surface area (Å²) in [5, 5.41) is 10.5. The highest BCUT2D eigenvalue weighted by atomic mass is 32.2. The summed E-state index contributed by atoms with van der Waals surface area (Å²) in [7, 11) is -3.42. The summed E-state index contributed by atoms with van der Waals surface area (Å²) in [6.07, 6.45) is 7.52. The lowest BCUT2D eigenvalue weighted by Gasteiger charge is -2.36. The van der Waals surface area contributed by atoms with Crippen LogP contribution in [0.25, 0.3) is 0 Å². The molecule has 0 aromatic carbocycles. The summed E-state index contributed by atoms with van der Waals surface area (Å²) in [5.74, 6) is 0.689. The first-order valence-electron chi connectivity index (χ1n) is 7.92. The zero-order valence-electron chi connectivity index (χ0n) is 12.5. The molecule has 1 aliphatic heterocycles. The molecular formula is C14H28N2O3S. The first-order valence-corrected chi connectivity index (χ1v) is 9.36. The Morgan fingerprint density at radius 3 is 2.35 bits per heavy atom. The van der Waals surface area contributed by atoms with Crippen LogP contribution < -0.4 is 4.72 Å². The maximum Gasteiger partial charge on any atom is 0.279 e. The lowest BCUT2D eigenvalue weighted by atomic mass is 9.78. The van der Waals surface area contributed by atoms with Crippen LogP contribution in [0.1, 0.15) is 58.3 Å². The summed E-state index contributed by atoms with van der Waals surface area (Å²) in [5.41, 5.74) is -0.853. The van der Waals surface area contributed by atoms with Gasteiger partial charge in [-0.25, -0.2) is 0 Å². The van der Waals surface area contributed by atoms with Crippen LogP contribution in [0.2, 0.25) is 0 Å². The molecule has 6 heteroatoms. The Bertz CT molecular complexity index is 397. The van der Waals surface area contributed by atoms with Crippen molar-refractivity contribution < 1.29 is 13.5 Å². The van der Waals surface area contributed by atoms with Crippen molar-refractivity contribution in [2.24, 2.45) is 5.92 Å². The fraction of sp³-hybridized carbons (Fsp3) is 1.00. The minimum atomic E-state index is -3.42. The van der Waals surface area contributed by atoms with Crippen LogP contribution in [0.5, 0.6) is 0 Å². The number of hydrogen-bond acceptors (Lipinski definition) is 3. The van der Waals surface area contributed by atoms with Crippen LogP contribution in [-0.4, -0.2) is 43.1 Å². The van der Waals surface area contributed by atoms with E-state index in [-0.39, 0.29) is 6.54 Å². The third-order valence-electron chi connectivity index (χ3n) is 4.85. The van der Waals surface area contributed by atoms with Gasteiger partial charge in [0, 0.05) is 19.6 Å². The average molecular weight is 304 g/mol. The van der Waals surface area contributed by atoms with Gasteiger partial charge in [-0.05, 0) is 44.4 Å². The SMILES string of the molecule is CCC1CCC(O)(CNS(=O)(=O)N2CCCCC2)CC1. The highest BCUT2D eigenvalue weighted by molar-refractivity contribution is 7.87. The molecule has 0 bridgehead atoms. The number of rotatable bonds is 5. The normalized spacial score (nSPS) is 33.2. The summed E-state index contributed by atoms with van der Waals surface area (Å²) >= 11 is 0. The largest absolute Gasteiger partial charge is 0.389 e. The van der Waals surface area contributed by atoms with E-state index in [0.717, 1.165) is 38.5 Å². The molecule has 0 aromatic rings. The van der Waals surface area contributed by atoms with E-state index >= 15 is 0 Å². The van der Waals surface area contributed by atoms with Crippen molar-refractivity contribution in [2.45, 2.75) is 63.9 Å². The molecule has 1 saturated heterocycles. The van der Waals surface area contributed by atoms with Crippen molar-refractivity contribution >= 4 is 10.2 Å². The van der Waals surface area contributed by atoms with Gasteiger partial charge in [-0.3, -0.25) is 0 Å². The van der Waals surface area contributed by atoms with E-state index < -0.39 is 15.8 Å². The topological polar surface area (TPSA) is 69.6 Å². The van der Waals surface area contributed by atoms with Crippen LogP contribution >= 0.6 is 0 Å². The van der Waals surface area contributed by atoms with Crippen molar-refractivity contribution in [3.8, 4) is 0 Å². The molecule has 20 heavy (non-hydrogen) atoms. The van der Waals surface area contributed by atoms with E-state index in [1.165, 1.54) is 4.31 Å². The average Bonchev–Trinajstić information content (AvgIpc) is 2.47. The van der Waals surface area contributed by atoms with Crippen molar-refractivity contribution in [1.29, 1.82) is 0 Å². The molecule has 118 valence electrons. The molecule has 1 aliphatic carbocycles. The van der Waals surface area contributed by atoms with Gasteiger partial charge in [0.1, 0.15) is 0 Å². The number of nitrogens with one attached hydrogen (secondary N) is 1. The van der Waals surface area contributed by atoms with Gasteiger partial charge < -0.3 is 5.11 Å².